The minimum Gasteiger partial charge on any atom is -0.508 e. The first-order chi connectivity index (χ1) is 61.4. The molecular formula is C90H123FN18O19S. The number of unbranched alkanes of at least 4 members (excludes halogenated alkanes) is 1. The molecule has 5 aromatic rings. The van der Waals surface area contributed by atoms with E-state index >= 15 is 28.8 Å². The number of hydrogen-bond acceptors (Lipinski definition) is 21. The van der Waals surface area contributed by atoms with Gasteiger partial charge in [-0.1, -0.05) is 120 Å². The number of benzene rings is 4. The fourth-order valence-corrected chi connectivity index (χ4v) is 16.3. The molecule has 37 nitrogen and oxygen atoms in total. The molecule has 0 radical (unpaired) electrons. The number of fused-ring (bicyclic) bond motifs is 1. The molecule has 39 heteroatoms. The molecule has 1 aromatic heterocycles. The molecule has 700 valence electrons. The SMILES string of the molecule is C=C(CC)[C@@H](C(=O)N[C@@H](CCC(N)=O)C(=O)N1CCCC[C@@H]1C(=O)N[C@@H](Cc1c[nH]c2ccccc12)C(=O)N[C@@H](Cc1ccc(O)cc1)C(=O)N[C@@H](CCCN)C(=O)N[C@@H](CSCC(=O)N[C@@H](Cc1ccc(F)cc1)C(=O)N(C)C(Cc1ccccc1)C(=O)N(C)[C@@H](CCCC)C(=O)N1CCC[C@@H]1C(=O)N[C@H](C=O)CC(=O)O)C(=O)NCC(N)=O)N(C)C(=O)[C@@H](N)C(C)C. The van der Waals surface area contributed by atoms with Crippen molar-refractivity contribution < 1.29 is 96.1 Å². The number of para-hydroxylation sites is 1. The number of likely N-dealkylation sites (N-methyl/N-ethyl adjacent to an activating group) is 3. The maximum atomic E-state index is 15.4. The molecule has 0 saturated carbocycles. The van der Waals surface area contributed by atoms with Crippen LogP contribution in [0.4, 0.5) is 4.39 Å². The van der Waals surface area contributed by atoms with Crippen LogP contribution in [0.5, 0.6) is 5.75 Å². The van der Waals surface area contributed by atoms with E-state index < -0.39 is 210 Å². The van der Waals surface area contributed by atoms with E-state index in [4.69, 9.17) is 22.9 Å². The van der Waals surface area contributed by atoms with Crippen LogP contribution in [0.25, 0.3) is 10.9 Å². The van der Waals surface area contributed by atoms with E-state index in [1.54, 1.807) is 81.6 Å². The van der Waals surface area contributed by atoms with Crippen molar-refractivity contribution in [2.75, 3.05) is 58.8 Å². The van der Waals surface area contributed by atoms with Crippen LogP contribution in [-0.2, 0) is 107 Å². The van der Waals surface area contributed by atoms with E-state index in [1.165, 1.54) is 72.2 Å². The highest BCUT2D eigenvalue weighted by molar-refractivity contribution is 8.00. The second kappa shape index (κ2) is 50.8. The number of aldehydes is 1. The largest absolute Gasteiger partial charge is 0.508 e. The van der Waals surface area contributed by atoms with Crippen LogP contribution in [-0.4, -0.2) is 278 Å². The maximum Gasteiger partial charge on any atom is 0.305 e. The van der Waals surface area contributed by atoms with Crippen LogP contribution in [0.15, 0.2) is 121 Å². The molecule has 19 N–H and O–H groups in total. The van der Waals surface area contributed by atoms with Gasteiger partial charge in [0.2, 0.25) is 88.6 Å². The quantitative estimate of drug-likeness (QED) is 0.0188. The number of nitrogens with one attached hydrogen (secondary N) is 9. The number of likely N-dealkylation sites (tertiary alicyclic amines) is 2. The number of aromatic amines is 1. The molecule has 2 aliphatic rings. The van der Waals surface area contributed by atoms with Gasteiger partial charge in [0.15, 0.2) is 0 Å². The summed E-state index contributed by atoms with van der Waals surface area (Å²) in [5.74, 6) is -15.9. The highest BCUT2D eigenvalue weighted by atomic mass is 32.2. The lowest BCUT2D eigenvalue weighted by molar-refractivity contribution is -0.152. The molecule has 2 saturated heterocycles. The average molecular weight is 1810 g/mol. The van der Waals surface area contributed by atoms with Gasteiger partial charge in [-0.3, -0.25) is 76.7 Å². The molecule has 15 amide bonds. The van der Waals surface area contributed by atoms with Gasteiger partial charge in [-0.05, 0) is 135 Å². The summed E-state index contributed by atoms with van der Waals surface area (Å²) < 4.78 is 14.5. The number of phenols is 1. The number of H-pyrrole nitrogens is 1. The Hall–Kier alpha value is -12.6. The predicted molar refractivity (Wildman–Crippen MR) is 478 cm³/mol. The highest BCUT2D eigenvalue weighted by Gasteiger charge is 2.45. The number of primary amides is 2. The Labute approximate surface area is 752 Å². The molecule has 1 unspecified atom stereocenters. The first kappa shape index (κ1) is 103. The second-order valence-electron chi connectivity index (χ2n) is 32.8. The minimum absolute atomic E-state index is 0.0284. The van der Waals surface area contributed by atoms with Crippen molar-refractivity contribution in [3.05, 3.63) is 150 Å². The number of amides is 15. The highest BCUT2D eigenvalue weighted by Crippen LogP contribution is 2.28. The number of hydrogen-bond donors (Lipinski definition) is 15. The van der Waals surface area contributed by atoms with Crippen molar-refractivity contribution in [3.63, 3.8) is 0 Å². The van der Waals surface area contributed by atoms with Crippen molar-refractivity contribution in [2.45, 2.75) is 222 Å². The summed E-state index contributed by atoms with van der Waals surface area (Å²) in [5.41, 5.74) is 26.1. The summed E-state index contributed by atoms with van der Waals surface area (Å²) in [6.45, 7) is 10.4. The van der Waals surface area contributed by atoms with Crippen molar-refractivity contribution in [1.82, 2.24) is 72.0 Å². The number of aromatic hydroxyl groups is 1. The number of carboxylic acid groups (broad SMARTS) is 1. The van der Waals surface area contributed by atoms with Gasteiger partial charge >= 0.3 is 5.97 Å². The average Bonchev–Trinajstić information content (AvgIpc) is 1.79. The van der Waals surface area contributed by atoms with Gasteiger partial charge in [0.25, 0.3) is 0 Å². The zero-order valence-corrected chi connectivity index (χ0v) is 74.7. The lowest BCUT2D eigenvalue weighted by atomic mass is 9.97. The van der Waals surface area contributed by atoms with E-state index in [2.05, 4.69) is 54.1 Å². The molecule has 129 heavy (non-hydrogen) atoms. The fourth-order valence-electron chi connectivity index (χ4n) is 15.5. The van der Waals surface area contributed by atoms with Crippen LogP contribution >= 0.6 is 11.8 Å². The number of carbonyl (C=O) groups is 17. The molecule has 7 rings (SSSR count). The number of aromatic nitrogens is 1. The smallest absolute Gasteiger partial charge is 0.305 e. The molecule has 2 fully saturated rings. The summed E-state index contributed by atoms with van der Waals surface area (Å²) in [6, 6.07) is 8.21. The topological polar surface area (TPSA) is 563 Å². The van der Waals surface area contributed by atoms with Crippen LogP contribution < -0.4 is 65.5 Å². The first-order valence-electron chi connectivity index (χ1n) is 43.3. The monoisotopic (exact) mass is 1810 g/mol. The molecule has 13 atom stereocenters. The Morgan fingerprint density at radius 3 is 1.78 bits per heavy atom. The number of rotatable bonds is 51. The molecule has 0 aliphatic carbocycles. The number of carboxylic acids is 1. The number of nitrogens with zero attached hydrogens (tertiary/aromatic N) is 5. The third-order valence-electron chi connectivity index (χ3n) is 22.9. The lowest BCUT2D eigenvalue weighted by Crippen LogP contribution is -2.62. The van der Waals surface area contributed by atoms with Gasteiger partial charge in [0, 0.05) is 89.2 Å². The number of nitrogens with two attached hydrogens (primary N) is 4. The van der Waals surface area contributed by atoms with Gasteiger partial charge < -0.3 is 110 Å². The lowest BCUT2D eigenvalue weighted by Gasteiger charge is -2.38. The number of phenolic OH excluding ortho intramolecular Hbond substituents is 1. The Morgan fingerprint density at radius 2 is 1.16 bits per heavy atom. The van der Waals surface area contributed by atoms with Gasteiger partial charge in [-0.15, -0.1) is 11.8 Å². The number of halogens is 1. The zero-order chi connectivity index (χ0) is 94.9. The first-order valence-corrected chi connectivity index (χ1v) is 44.4. The maximum absolute atomic E-state index is 15.4. The molecule has 0 spiro atoms. The van der Waals surface area contributed by atoms with Crippen molar-refractivity contribution >= 4 is 124 Å². The van der Waals surface area contributed by atoms with Crippen LogP contribution in [0, 0.1) is 11.7 Å². The molecule has 2 aliphatic heterocycles. The summed E-state index contributed by atoms with van der Waals surface area (Å²) in [4.78, 5) is 249. The Bertz CT molecular complexity index is 4770. The fraction of sp³-hybridized carbons (Fsp3) is 0.500. The minimum atomic E-state index is -1.63. The van der Waals surface area contributed by atoms with E-state index in [-0.39, 0.29) is 108 Å². The van der Waals surface area contributed by atoms with Gasteiger partial charge in [-0.25, -0.2) is 4.39 Å². The normalized spacial score (nSPS) is 16.2. The van der Waals surface area contributed by atoms with Crippen LogP contribution in [0.3, 0.4) is 0 Å². The van der Waals surface area contributed by atoms with E-state index in [9.17, 15) is 67.3 Å². The van der Waals surface area contributed by atoms with Gasteiger partial charge in [0.1, 0.15) is 84.3 Å². The third kappa shape index (κ3) is 30.5. The van der Waals surface area contributed by atoms with Crippen molar-refractivity contribution in [2.24, 2.45) is 28.9 Å². The van der Waals surface area contributed by atoms with E-state index in [0.717, 1.165) is 33.7 Å². The van der Waals surface area contributed by atoms with Gasteiger partial charge in [-0.2, -0.15) is 0 Å². The number of aliphatic carboxylic acids is 1. The van der Waals surface area contributed by atoms with Crippen LogP contribution in [0.1, 0.15) is 140 Å². The molecule has 3 heterocycles. The Kier molecular flexibility index (Phi) is 40.7. The summed E-state index contributed by atoms with van der Waals surface area (Å²) in [6.07, 6.45) is 2.10. The number of piperidine rings is 1. The molecule has 4 aromatic carbocycles. The van der Waals surface area contributed by atoms with Crippen molar-refractivity contribution in [3.8, 4) is 5.75 Å². The standard InChI is InChI=1S/C90H123FN18O19S/c1-9-11-26-71(89(127)109-41-20-28-70(109)83(121)98-59(49-110)46-76(115)116)105(6)88(126)72(44-54-21-13-12-14-22-54)106(7)86(124)67(43-55-29-33-58(91)34-30-55)99-75(114)51-129-50-68(79(117)97-48-74(94)113)104-80(118)63(25-19-39-92)100-81(119)65(42-56-31-35-60(111)36-32-56)102-82(120)66(45-57-47-96-62-24-16-15-23-61(57)62)103-84(122)69-27-17-18-40-108(69)87(125)64(37-38-73(93)112)101-85(123)78(53(5)10-2)107(8)90(128)77(95)52(3)4/h12-16,21-24,29-36,47,49,52,59,63-72,77-78,96,111H,5,9-11,17-20,25-28,37-46,48,50-51,92,95H2,1-4,6-8H3,(H2,93,112)(H2,94,113)(H,97,117)(H,98,121)(H,99,114)(H,100,119)(H,101,123)(H,102,120)(H,103,122)(H,104,118)(H,115,116)/t59-,63-,64-,65-,66-,67-,68-,69+,70+,71-,72?,77-,78-/m0/s1. The van der Waals surface area contributed by atoms with Crippen molar-refractivity contribution in [1.29, 1.82) is 0 Å². The second-order valence-corrected chi connectivity index (χ2v) is 33.8. The van der Waals surface area contributed by atoms with E-state index in [1.807, 2.05) is 6.92 Å². The zero-order valence-electron chi connectivity index (χ0n) is 73.9. The molecule has 0 bridgehead atoms. The predicted octanol–water partition coefficient (Wildman–Crippen LogP) is 0.682. The molecular weight excluding hydrogens is 1690 g/mol. The Morgan fingerprint density at radius 1 is 0.589 bits per heavy atom. The Balaban J connectivity index is 1.14. The summed E-state index contributed by atoms with van der Waals surface area (Å²) >= 11 is 0.769. The summed E-state index contributed by atoms with van der Waals surface area (Å²) in [7, 11) is 4.11. The number of carbonyl (C=O) groups excluding carboxylic acids is 16. The summed E-state index contributed by atoms with van der Waals surface area (Å²) in [5, 5.41) is 41.5. The third-order valence-corrected chi connectivity index (χ3v) is 23.9. The van der Waals surface area contributed by atoms with E-state index in [0.29, 0.717) is 70.8 Å². The van der Waals surface area contributed by atoms with Crippen LogP contribution in [0.2, 0.25) is 0 Å². The number of thioether (sulfide) groups is 1. The van der Waals surface area contributed by atoms with Gasteiger partial charge in [0.05, 0.1) is 30.8 Å².